The number of rotatable bonds is 7. The molecule has 0 spiro atoms. The fraction of sp³-hybridized carbons (Fsp3) is 0.600. The Balaban J connectivity index is 1.72. The molecule has 1 aromatic carbocycles. The van der Waals surface area contributed by atoms with Gasteiger partial charge in [-0.3, -0.25) is 4.79 Å². The standard InChI is InChI=1S/C20H30N2O4/c1-14(2)26-18-8-6-16(7-9-18)5-4-15(3)21-20(25)22-12-10-17(11-13-22)19(23)24/h6-9,14-15,17H,4-5,10-13H2,1-3H3,(H,21,25)(H,23,24). The Morgan fingerprint density at radius 2 is 1.81 bits per heavy atom. The van der Waals surface area contributed by atoms with Gasteiger partial charge in [0.25, 0.3) is 0 Å². The molecule has 1 heterocycles. The monoisotopic (exact) mass is 362 g/mol. The van der Waals surface area contributed by atoms with Gasteiger partial charge in [-0.1, -0.05) is 12.1 Å². The van der Waals surface area contributed by atoms with Crippen molar-refractivity contribution in [3.8, 4) is 5.75 Å². The number of hydrogen-bond acceptors (Lipinski definition) is 3. The number of carboxylic acids is 1. The number of aliphatic carboxylic acids is 1. The maximum atomic E-state index is 12.3. The van der Waals surface area contributed by atoms with Crippen LogP contribution in [0.5, 0.6) is 5.75 Å². The van der Waals surface area contributed by atoms with E-state index in [0.29, 0.717) is 25.9 Å². The second-order valence-electron chi connectivity index (χ2n) is 7.30. The molecule has 1 unspecified atom stereocenters. The minimum absolute atomic E-state index is 0.0614. The van der Waals surface area contributed by atoms with Crippen LogP contribution in [0, 0.1) is 5.92 Å². The van der Waals surface area contributed by atoms with E-state index in [1.54, 1.807) is 4.90 Å². The first-order valence-corrected chi connectivity index (χ1v) is 9.39. The van der Waals surface area contributed by atoms with Crippen LogP contribution in [-0.4, -0.2) is 47.2 Å². The van der Waals surface area contributed by atoms with Gasteiger partial charge in [0.1, 0.15) is 5.75 Å². The summed E-state index contributed by atoms with van der Waals surface area (Å²) in [7, 11) is 0. The number of nitrogens with zero attached hydrogens (tertiary/aromatic N) is 1. The molecule has 2 N–H and O–H groups in total. The van der Waals surface area contributed by atoms with Crippen molar-refractivity contribution < 1.29 is 19.4 Å². The van der Waals surface area contributed by atoms with Crippen LogP contribution in [0.4, 0.5) is 4.79 Å². The molecular formula is C20H30N2O4. The molecule has 0 aliphatic carbocycles. The molecule has 2 amide bonds. The van der Waals surface area contributed by atoms with Gasteiger partial charge in [0.2, 0.25) is 0 Å². The number of piperidine rings is 1. The second-order valence-corrected chi connectivity index (χ2v) is 7.30. The zero-order chi connectivity index (χ0) is 19.1. The molecule has 144 valence electrons. The molecule has 1 atom stereocenters. The highest BCUT2D eigenvalue weighted by molar-refractivity contribution is 5.75. The molecule has 1 saturated heterocycles. The summed E-state index contributed by atoms with van der Waals surface area (Å²) in [6, 6.07) is 8.04. The number of amides is 2. The Labute approximate surface area is 155 Å². The number of ether oxygens (including phenoxy) is 1. The summed E-state index contributed by atoms with van der Waals surface area (Å²) >= 11 is 0. The lowest BCUT2D eigenvalue weighted by Crippen LogP contribution is -2.48. The SMILES string of the molecule is CC(CCc1ccc(OC(C)C)cc1)NC(=O)N1CCC(C(=O)O)CC1. The molecule has 26 heavy (non-hydrogen) atoms. The lowest BCUT2D eigenvalue weighted by Gasteiger charge is -2.31. The normalized spacial score (nSPS) is 16.4. The van der Waals surface area contributed by atoms with Gasteiger partial charge in [0, 0.05) is 19.1 Å². The predicted molar refractivity (Wildman–Crippen MR) is 100 cm³/mol. The maximum Gasteiger partial charge on any atom is 0.317 e. The van der Waals surface area contributed by atoms with Crippen LogP contribution in [0.3, 0.4) is 0 Å². The van der Waals surface area contributed by atoms with Crippen LogP contribution in [0.25, 0.3) is 0 Å². The van der Waals surface area contributed by atoms with Crippen molar-refractivity contribution in [1.29, 1.82) is 0 Å². The number of carboxylic acid groups (broad SMARTS) is 1. The van der Waals surface area contributed by atoms with Gasteiger partial charge in [0.05, 0.1) is 12.0 Å². The first-order chi connectivity index (χ1) is 12.3. The lowest BCUT2D eigenvalue weighted by atomic mass is 9.97. The molecule has 6 heteroatoms. The third-order valence-corrected chi connectivity index (χ3v) is 4.66. The average molecular weight is 362 g/mol. The first kappa shape index (κ1) is 20.1. The largest absolute Gasteiger partial charge is 0.491 e. The van der Waals surface area contributed by atoms with E-state index in [4.69, 9.17) is 9.84 Å². The van der Waals surface area contributed by atoms with E-state index in [0.717, 1.165) is 18.6 Å². The number of urea groups is 1. The van der Waals surface area contributed by atoms with E-state index in [9.17, 15) is 9.59 Å². The zero-order valence-electron chi connectivity index (χ0n) is 15.9. The fourth-order valence-electron chi connectivity index (χ4n) is 3.09. The number of likely N-dealkylation sites (tertiary alicyclic amines) is 1. The molecule has 0 radical (unpaired) electrons. The summed E-state index contributed by atoms with van der Waals surface area (Å²) in [5.41, 5.74) is 1.21. The highest BCUT2D eigenvalue weighted by Gasteiger charge is 2.27. The second kappa shape index (κ2) is 9.46. The third kappa shape index (κ3) is 6.24. The summed E-state index contributed by atoms with van der Waals surface area (Å²) < 4.78 is 5.64. The Kier molecular flexibility index (Phi) is 7.30. The summed E-state index contributed by atoms with van der Waals surface area (Å²) in [5, 5.41) is 12.0. The van der Waals surface area contributed by atoms with E-state index in [-0.39, 0.29) is 24.1 Å². The highest BCUT2D eigenvalue weighted by Crippen LogP contribution is 2.18. The van der Waals surface area contributed by atoms with Crippen molar-refractivity contribution in [3.63, 3.8) is 0 Å². The number of carbonyl (C=O) groups is 2. The number of hydrogen-bond donors (Lipinski definition) is 2. The molecule has 6 nitrogen and oxygen atoms in total. The van der Waals surface area contributed by atoms with Gasteiger partial charge in [-0.05, 0) is 64.2 Å². The van der Waals surface area contributed by atoms with Crippen LogP contribution in [-0.2, 0) is 11.2 Å². The molecule has 2 rings (SSSR count). The van der Waals surface area contributed by atoms with Crippen LogP contribution in [0.2, 0.25) is 0 Å². The molecule has 0 saturated carbocycles. The van der Waals surface area contributed by atoms with Gasteiger partial charge < -0.3 is 20.1 Å². The van der Waals surface area contributed by atoms with Gasteiger partial charge in [-0.2, -0.15) is 0 Å². The van der Waals surface area contributed by atoms with Crippen molar-refractivity contribution in [2.24, 2.45) is 5.92 Å². The zero-order valence-corrected chi connectivity index (χ0v) is 15.9. The Morgan fingerprint density at radius 3 is 2.35 bits per heavy atom. The average Bonchev–Trinajstić information content (AvgIpc) is 2.60. The molecule has 0 bridgehead atoms. The van der Waals surface area contributed by atoms with E-state index in [1.807, 2.05) is 32.9 Å². The summed E-state index contributed by atoms with van der Waals surface area (Å²) in [6.45, 7) is 7.02. The summed E-state index contributed by atoms with van der Waals surface area (Å²) in [6.07, 6.45) is 2.95. The minimum atomic E-state index is -0.761. The quantitative estimate of drug-likeness (QED) is 0.780. The highest BCUT2D eigenvalue weighted by atomic mass is 16.5. The Morgan fingerprint density at radius 1 is 1.19 bits per heavy atom. The van der Waals surface area contributed by atoms with Crippen molar-refractivity contribution in [2.45, 2.75) is 58.6 Å². The Hall–Kier alpha value is -2.24. The molecule has 1 aromatic rings. The van der Waals surface area contributed by atoms with Crippen LogP contribution >= 0.6 is 0 Å². The summed E-state index contributed by atoms with van der Waals surface area (Å²) in [5.74, 6) is -0.211. The van der Waals surface area contributed by atoms with E-state index >= 15 is 0 Å². The van der Waals surface area contributed by atoms with Gasteiger partial charge in [-0.15, -0.1) is 0 Å². The van der Waals surface area contributed by atoms with E-state index < -0.39 is 5.97 Å². The van der Waals surface area contributed by atoms with Gasteiger partial charge in [0.15, 0.2) is 0 Å². The topological polar surface area (TPSA) is 78.9 Å². The number of nitrogens with one attached hydrogen (secondary N) is 1. The van der Waals surface area contributed by atoms with Gasteiger partial charge in [-0.25, -0.2) is 4.79 Å². The number of carbonyl (C=O) groups excluding carboxylic acids is 1. The van der Waals surface area contributed by atoms with Crippen molar-refractivity contribution in [3.05, 3.63) is 29.8 Å². The number of aryl methyl sites for hydroxylation is 1. The molecule has 1 aliphatic rings. The number of benzene rings is 1. The third-order valence-electron chi connectivity index (χ3n) is 4.66. The van der Waals surface area contributed by atoms with Crippen molar-refractivity contribution in [1.82, 2.24) is 10.2 Å². The van der Waals surface area contributed by atoms with E-state index in [1.165, 1.54) is 5.56 Å². The van der Waals surface area contributed by atoms with Crippen LogP contribution in [0.1, 0.15) is 45.6 Å². The van der Waals surface area contributed by atoms with E-state index in [2.05, 4.69) is 17.4 Å². The Bertz CT molecular complexity index is 592. The molecular weight excluding hydrogens is 332 g/mol. The fourth-order valence-corrected chi connectivity index (χ4v) is 3.09. The van der Waals surface area contributed by atoms with Gasteiger partial charge >= 0.3 is 12.0 Å². The molecule has 0 aromatic heterocycles. The van der Waals surface area contributed by atoms with Crippen LogP contribution in [0.15, 0.2) is 24.3 Å². The first-order valence-electron chi connectivity index (χ1n) is 9.39. The van der Waals surface area contributed by atoms with Crippen molar-refractivity contribution in [2.75, 3.05) is 13.1 Å². The van der Waals surface area contributed by atoms with Crippen LogP contribution < -0.4 is 10.1 Å². The predicted octanol–water partition coefficient (Wildman–Crippen LogP) is 3.30. The smallest absolute Gasteiger partial charge is 0.317 e. The molecule has 1 aliphatic heterocycles. The van der Waals surface area contributed by atoms with Crippen molar-refractivity contribution >= 4 is 12.0 Å². The minimum Gasteiger partial charge on any atom is -0.491 e. The lowest BCUT2D eigenvalue weighted by molar-refractivity contribution is -0.143. The summed E-state index contributed by atoms with van der Waals surface area (Å²) in [4.78, 5) is 25.0. The molecule has 1 fully saturated rings. The maximum absolute atomic E-state index is 12.3.